The highest BCUT2D eigenvalue weighted by Gasteiger charge is 2.46. The van der Waals surface area contributed by atoms with Gasteiger partial charge in [-0.05, 0) is 86.5 Å². The summed E-state index contributed by atoms with van der Waals surface area (Å²) < 4.78 is 0. The smallest absolute Gasteiger partial charge is 0.00445 e. The number of fused-ring (bicyclic) bond motifs is 2. The Morgan fingerprint density at radius 2 is 1.83 bits per heavy atom. The van der Waals surface area contributed by atoms with Crippen molar-refractivity contribution in [3.63, 3.8) is 0 Å². The van der Waals surface area contributed by atoms with Crippen LogP contribution in [0.1, 0.15) is 79.1 Å². The fraction of sp³-hybridized carbons (Fsp3) is 0.667. The third-order valence-electron chi connectivity index (χ3n) is 7.94. The molecule has 0 aromatic heterocycles. The first-order chi connectivity index (χ1) is 11.3. The summed E-state index contributed by atoms with van der Waals surface area (Å²) in [4.78, 5) is 0. The van der Waals surface area contributed by atoms with Crippen LogP contribution in [0.25, 0.3) is 0 Å². The molecule has 0 bridgehead atoms. The van der Waals surface area contributed by atoms with Crippen LogP contribution in [-0.4, -0.2) is 0 Å². The summed E-state index contributed by atoms with van der Waals surface area (Å²) in [5.41, 5.74) is 6.76. The monoisotopic (exact) mass is 324 g/mol. The van der Waals surface area contributed by atoms with Gasteiger partial charge in [0.05, 0.1) is 0 Å². The Kier molecular flexibility index (Phi) is 4.71. The quantitative estimate of drug-likeness (QED) is 0.435. The zero-order chi connectivity index (χ0) is 17.5. The first-order valence-corrected chi connectivity index (χ1v) is 10.0. The van der Waals surface area contributed by atoms with E-state index >= 15 is 0 Å². The fourth-order valence-corrected chi connectivity index (χ4v) is 5.91. The largest absolute Gasteiger partial charge is 0.0958 e. The van der Waals surface area contributed by atoms with E-state index in [1.165, 1.54) is 62.5 Å². The van der Waals surface area contributed by atoms with E-state index in [9.17, 15) is 0 Å². The highest BCUT2D eigenvalue weighted by molar-refractivity contribution is 5.40. The second-order valence-electron chi connectivity index (χ2n) is 9.20. The molecule has 3 rings (SSSR count). The molecule has 0 aromatic carbocycles. The maximum atomic E-state index is 4.41. The third-order valence-corrected chi connectivity index (χ3v) is 7.94. The Balaban J connectivity index is 1.92. The van der Waals surface area contributed by atoms with Crippen molar-refractivity contribution in [3.05, 3.63) is 47.6 Å². The Morgan fingerprint density at radius 1 is 1.08 bits per heavy atom. The summed E-state index contributed by atoms with van der Waals surface area (Å²) in [6, 6.07) is 0. The van der Waals surface area contributed by atoms with E-state index < -0.39 is 0 Å². The molecule has 0 heterocycles. The third kappa shape index (κ3) is 2.76. The van der Waals surface area contributed by atoms with Crippen molar-refractivity contribution in [1.82, 2.24) is 0 Å². The fourth-order valence-electron chi connectivity index (χ4n) is 5.91. The maximum Gasteiger partial charge on any atom is -0.00445 e. The molecule has 2 fully saturated rings. The summed E-state index contributed by atoms with van der Waals surface area (Å²) in [6.07, 6.45) is 15.1. The minimum absolute atomic E-state index is 0.357. The van der Waals surface area contributed by atoms with E-state index in [1.54, 1.807) is 11.1 Å². The Bertz CT molecular complexity index is 602. The van der Waals surface area contributed by atoms with E-state index in [4.69, 9.17) is 0 Å². The molecule has 0 aliphatic heterocycles. The second-order valence-corrected chi connectivity index (χ2v) is 9.20. The number of hydrogen-bond donors (Lipinski definition) is 0. The molecule has 4 unspecified atom stereocenters. The predicted molar refractivity (Wildman–Crippen MR) is 106 cm³/mol. The van der Waals surface area contributed by atoms with E-state index in [2.05, 4.69) is 53.0 Å². The van der Waals surface area contributed by atoms with Gasteiger partial charge in [0.2, 0.25) is 0 Å². The minimum atomic E-state index is 0.357. The van der Waals surface area contributed by atoms with E-state index in [-0.39, 0.29) is 0 Å². The molecule has 0 aromatic rings. The van der Waals surface area contributed by atoms with Crippen molar-refractivity contribution in [2.24, 2.45) is 22.7 Å². The molecule has 3 aliphatic carbocycles. The van der Waals surface area contributed by atoms with Gasteiger partial charge in [-0.1, -0.05) is 62.8 Å². The Labute approximate surface area is 149 Å². The van der Waals surface area contributed by atoms with Crippen molar-refractivity contribution in [2.75, 3.05) is 0 Å². The first kappa shape index (κ1) is 17.8. The molecular formula is C24H36. The molecule has 0 radical (unpaired) electrons. The van der Waals surface area contributed by atoms with Gasteiger partial charge in [-0.3, -0.25) is 0 Å². The van der Waals surface area contributed by atoms with E-state index in [0.717, 1.165) is 11.8 Å². The number of allylic oxidation sites excluding steroid dienone is 6. The first-order valence-electron chi connectivity index (χ1n) is 10.0. The molecule has 132 valence electrons. The normalized spacial score (nSPS) is 42.5. The summed E-state index contributed by atoms with van der Waals surface area (Å²) >= 11 is 0. The van der Waals surface area contributed by atoms with E-state index in [0.29, 0.717) is 10.8 Å². The van der Waals surface area contributed by atoms with Gasteiger partial charge in [0.1, 0.15) is 0 Å². The lowest BCUT2D eigenvalue weighted by Crippen LogP contribution is -2.34. The highest BCUT2D eigenvalue weighted by Crippen LogP contribution is 2.57. The molecule has 0 N–H and O–H groups in total. The lowest BCUT2D eigenvalue weighted by atomic mass is 9.60. The van der Waals surface area contributed by atoms with Gasteiger partial charge >= 0.3 is 0 Å². The van der Waals surface area contributed by atoms with Gasteiger partial charge in [0, 0.05) is 0 Å². The highest BCUT2D eigenvalue weighted by atomic mass is 14.5. The van der Waals surface area contributed by atoms with Crippen LogP contribution in [-0.2, 0) is 0 Å². The summed E-state index contributed by atoms with van der Waals surface area (Å²) in [7, 11) is 0. The minimum Gasteiger partial charge on any atom is -0.0958 e. The Hall–Kier alpha value is -1.04. The van der Waals surface area contributed by atoms with Crippen molar-refractivity contribution in [2.45, 2.75) is 79.1 Å². The summed E-state index contributed by atoms with van der Waals surface area (Å²) in [6.45, 7) is 18.4. The molecule has 2 saturated carbocycles. The van der Waals surface area contributed by atoms with Gasteiger partial charge in [0.25, 0.3) is 0 Å². The average Bonchev–Trinajstić information content (AvgIpc) is 2.78. The number of rotatable bonds is 0. The molecule has 0 saturated heterocycles. The van der Waals surface area contributed by atoms with Crippen LogP contribution >= 0.6 is 0 Å². The molecule has 0 nitrogen and oxygen atoms in total. The SMILES string of the molecule is C=C1C=C2CCCC3CC(=C)/C(=C\C)C3(C)CCC(C)C2(C)CC1. The average molecular weight is 325 g/mol. The molecule has 24 heavy (non-hydrogen) atoms. The van der Waals surface area contributed by atoms with Crippen LogP contribution in [0.2, 0.25) is 0 Å². The summed E-state index contributed by atoms with van der Waals surface area (Å²) in [5, 5.41) is 0. The van der Waals surface area contributed by atoms with Crippen LogP contribution in [0.5, 0.6) is 0 Å². The zero-order valence-electron chi connectivity index (χ0n) is 16.4. The molecule has 0 spiro atoms. The van der Waals surface area contributed by atoms with Gasteiger partial charge in [-0.25, -0.2) is 0 Å². The number of hydrogen-bond acceptors (Lipinski definition) is 0. The van der Waals surface area contributed by atoms with E-state index in [1.807, 2.05) is 0 Å². The van der Waals surface area contributed by atoms with Gasteiger partial charge in [-0.15, -0.1) is 0 Å². The molecule has 3 aliphatic rings. The lowest BCUT2D eigenvalue weighted by Gasteiger charge is -2.45. The molecule has 0 amide bonds. The lowest BCUT2D eigenvalue weighted by molar-refractivity contribution is 0.152. The molecule has 0 heteroatoms. The van der Waals surface area contributed by atoms with Crippen LogP contribution in [0.3, 0.4) is 0 Å². The van der Waals surface area contributed by atoms with Gasteiger partial charge in [0.15, 0.2) is 0 Å². The second kappa shape index (κ2) is 6.36. The van der Waals surface area contributed by atoms with Crippen molar-refractivity contribution in [3.8, 4) is 0 Å². The van der Waals surface area contributed by atoms with Crippen molar-refractivity contribution >= 4 is 0 Å². The van der Waals surface area contributed by atoms with Crippen LogP contribution in [0, 0.1) is 22.7 Å². The predicted octanol–water partition coefficient (Wildman–Crippen LogP) is 7.40. The Morgan fingerprint density at radius 3 is 2.54 bits per heavy atom. The molecular weight excluding hydrogens is 288 g/mol. The van der Waals surface area contributed by atoms with Gasteiger partial charge in [-0.2, -0.15) is 0 Å². The topological polar surface area (TPSA) is 0 Å². The van der Waals surface area contributed by atoms with Crippen molar-refractivity contribution in [1.29, 1.82) is 0 Å². The maximum absolute atomic E-state index is 4.41. The zero-order valence-corrected chi connectivity index (χ0v) is 16.4. The summed E-state index contributed by atoms with van der Waals surface area (Å²) in [5.74, 6) is 1.54. The van der Waals surface area contributed by atoms with Gasteiger partial charge < -0.3 is 0 Å². The molecule has 4 atom stereocenters. The van der Waals surface area contributed by atoms with Crippen molar-refractivity contribution < 1.29 is 0 Å². The standard InChI is InChI=1S/C24H36/c1-7-22-18(3)16-21-10-8-9-20-15-17(2)11-13-23(20,5)19(4)12-14-24(21,22)6/h7,15,19,21H,2-3,8-14,16H2,1,4-6H3/b22-7+. The van der Waals surface area contributed by atoms with Crippen LogP contribution in [0.15, 0.2) is 47.6 Å². The van der Waals surface area contributed by atoms with Crippen LogP contribution < -0.4 is 0 Å². The van der Waals surface area contributed by atoms with Crippen LogP contribution in [0.4, 0.5) is 0 Å².